The number of fused-ring (bicyclic) bond motifs is 3. The maximum absolute atomic E-state index is 13.7. The number of anilines is 2. The lowest BCUT2D eigenvalue weighted by molar-refractivity contribution is -0.135. The third-order valence-electron chi connectivity index (χ3n) is 5.93. The Bertz CT molecular complexity index is 1150. The average molecular weight is 430 g/mol. The Labute approximate surface area is 185 Å². The summed E-state index contributed by atoms with van der Waals surface area (Å²) in [5.41, 5.74) is 6.78. The SMILES string of the molecule is O=C(CN1NC2c3ccccc3N(Cc3cccc(F)c3)CC2C1=O)Nc1ccccc1. The van der Waals surface area contributed by atoms with Crippen LogP contribution in [0.1, 0.15) is 17.2 Å². The highest BCUT2D eigenvalue weighted by Gasteiger charge is 2.46. The minimum absolute atomic E-state index is 0.0766. The van der Waals surface area contributed by atoms with Crippen LogP contribution in [0.3, 0.4) is 0 Å². The predicted octanol–water partition coefficient (Wildman–Crippen LogP) is 3.49. The summed E-state index contributed by atoms with van der Waals surface area (Å²) in [6, 6.07) is 23.4. The van der Waals surface area contributed by atoms with Crippen LogP contribution in [0.2, 0.25) is 0 Å². The van der Waals surface area contributed by atoms with Gasteiger partial charge >= 0.3 is 0 Å². The van der Waals surface area contributed by atoms with E-state index in [1.165, 1.54) is 17.1 Å². The molecule has 2 aliphatic rings. The summed E-state index contributed by atoms with van der Waals surface area (Å²) in [6.07, 6.45) is 0. The summed E-state index contributed by atoms with van der Waals surface area (Å²) in [5, 5.41) is 4.23. The van der Waals surface area contributed by atoms with Crippen molar-refractivity contribution in [3.8, 4) is 0 Å². The lowest BCUT2D eigenvalue weighted by Crippen LogP contribution is -2.41. The molecule has 0 spiro atoms. The quantitative estimate of drug-likeness (QED) is 0.651. The number of hydrazine groups is 1. The molecule has 5 rings (SSSR count). The fraction of sp³-hybridized carbons (Fsp3) is 0.200. The van der Waals surface area contributed by atoms with Crippen molar-refractivity contribution in [2.75, 3.05) is 23.3 Å². The molecule has 0 bridgehead atoms. The van der Waals surface area contributed by atoms with E-state index >= 15 is 0 Å². The molecule has 3 aromatic carbocycles. The molecule has 6 nitrogen and oxygen atoms in total. The van der Waals surface area contributed by atoms with Gasteiger partial charge in [0, 0.05) is 24.5 Å². The number of carbonyl (C=O) groups is 2. The molecule has 0 aromatic heterocycles. The first-order valence-electron chi connectivity index (χ1n) is 10.6. The van der Waals surface area contributed by atoms with Crippen LogP contribution in [-0.2, 0) is 16.1 Å². The van der Waals surface area contributed by atoms with Gasteiger partial charge in [-0.25, -0.2) is 9.82 Å². The summed E-state index contributed by atoms with van der Waals surface area (Å²) in [5.74, 6) is -0.986. The molecule has 2 N–H and O–H groups in total. The highest BCUT2D eigenvalue weighted by atomic mass is 19.1. The van der Waals surface area contributed by atoms with Crippen LogP contribution in [0, 0.1) is 11.7 Å². The second kappa shape index (κ2) is 8.43. The molecular weight excluding hydrogens is 407 g/mol. The van der Waals surface area contributed by atoms with Crippen LogP contribution >= 0.6 is 0 Å². The number of nitrogens with one attached hydrogen (secondary N) is 2. The van der Waals surface area contributed by atoms with E-state index in [2.05, 4.69) is 15.6 Å². The van der Waals surface area contributed by atoms with Crippen LogP contribution in [-0.4, -0.2) is 29.9 Å². The summed E-state index contributed by atoms with van der Waals surface area (Å²) in [7, 11) is 0. The van der Waals surface area contributed by atoms with Crippen LogP contribution in [0.5, 0.6) is 0 Å². The van der Waals surface area contributed by atoms with Crippen molar-refractivity contribution in [3.05, 3.63) is 95.8 Å². The Morgan fingerprint density at radius 3 is 2.62 bits per heavy atom. The summed E-state index contributed by atoms with van der Waals surface area (Å²) in [6.45, 7) is 0.910. The highest BCUT2D eigenvalue weighted by Crippen LogP contribution is 2.41. The first kappa shape index (κ1) is 20.2. The van der Waals surface area contributed by atoms with Crippen molar-refractivity contribution in [2.45, 2.75) is 12.6 Å². The van der Waals surface area contributed by atoms with Crippen LogP contribution < -0.4 is 15.6 Å². The zero-order valence-corrected chi connectivity index (χ0v) is 17.4. The standard InChI is InChI=1S/C25H23FN4O2/c26-18-8-6-7-17(13-18)14-29-15-21-24(20-11-4-5-12-22(20)29)28-30(25(21)32)16-23(31)27-19-9-2-1-3-10-19/h1-13,21,24,28H,14-16H2,(H,27,31). The van der Waals surface area contributed by atoms with Crippen molar-refractivity contribution in [1.29, 1.82) is 0 Å². The topological polar surface area (TPSA) is 64.7 Å². The van der Waals surface area contributed by atoms with E-state index < -0.39 is 0 Å². The fourth-order valence-corrected chi connectivity index (χ4v) is 4.50. The number of hydrogen-bond donors (Lipinski definition) is 2. The molecule has 1 fully saturated rings. The van der Waals surface area contributed by atoms with Crippen molar-refractivity contribution >= 4 is 23.2 Å². The average Bonchev–Trinajstić information content (AvgIpc) is 3.10. The lowest BCUT2D eigenvalue weighted by Gasteiger charge is -2.36. The van der Waals surface area contributed by atoms with E-state index in [4.69, 9.17) is 0 Å². The van der Waals surface area contributed by atoms with E-state index in [9.17, 15) is 14.0 Å². The predicted molar refractivity (Wildman–Crippen MR) is 120 cm³/mol. The summed E-state index contributed by atoms with van der Waals surface area (Å²) >= 11 is 0. The van der Waals surface area contributed by atoms with Gasteiger partial charge in [0.15, 0.2) is 0 Å². The van der Waals surface area contributed by atoms with Gasteiger partial charge in [-0.3, -0.25) is 14.6 Å². The van der Waals surface area contributed by atoms with E-state index in [0.29, 0.717) is 18.8 Å². The molecule has 2 heterocycles. The maximum Gasteiger partial charge on any atom is 0.245 e. The Kier molecular flexibility index (Phi) is 5.33. The van der Waals surface area contributed by atoms with Gasteiger partial charge in [0.05, 0.1) is 12.0 Å². The van der Waals surface area contributed by atoms with Crippen LogP contribution in [0.4, 0.5) is 15.8 Å². The number of para-hydroxylation sites is 2. The van der Waals surface area contributed by atoms with Gasteiger partial charge in [0.1, 0.15) is 12.4 Å². The Hall–Kier alpha value is -3.71. The normalized spacial score (nSPS) is 19.5. The second-order valence-corrected chi connectivity index (χ2v) is 8.12. The molecule has 0 radical (unpaired) electrons. The number of rotatable bonds is 5. The smallest absolute Gasteiger partial charge is 0.245 e. The van der Waals surface area contributed by atoms with Gasteiger partial charge in [-0.15, -0.1) is 0 Å². The van der Waals surface area contributed by atoms with Crippen LogP contribution in [0.15, 0.2) is 78.9 Å². The van der Waals surface area contributed by atoms with E-state index in [-0.39, 0.29) is 36.1 Å². The molecular formula is C25H23FN4O2. The van der Waals surface area contributed by atoms with E-state index in [1.807, 2.05) is 48.5 Å². The van der Waals surface area contributed by atoms with Gasteiger partial charge in [-0.2, -0.15) is 0 Å². The van der Waals surface area contributed by atoms with Crippen molar-refractivity contribution < 1.29 is 14.0 Å². The number of amides is 2. The minimum Gasteiger partial charge on any atom is -0.366 e. The van der Waals surface area contributed by atoms with Gasteiger partial charge in [0.2, 0.25) is 11.8 Å². The fourth-order valence-electron chi connectivity index (χ4n) is 4.50. The van der Waals surface area contributed by atoms with E-state index in [0.717, 1.165) is 16.8 Å². The second-order valence-electron chi connectivity index (χ2n) is 8.12. The molecule has 2 unspecified atom stereocenters. The Morgan fingerprint density at radius 1 is 1.03 bits per heavy atom. The van der Waals surface area contributed by atoms with Crippen molar-refractivity contribution in [3.63, 3.8) is 0 Å². The number of halogens is 1. The third kappa shape index (κ3) is 3.94. The van der Waals surface area contributed by atoms with Crippen LogP contribution in [0.25, 0.3) is 0 Å². The molecule has 2 atom stereocenters. The number of carbonyl (C=O) groups excluding carboxylic acids is 2. The number of hydrogen-bond acceptors (Lipinski definition) is 4. The van der Waals surface area contributed by atoms with Gasteiger partial charge in [0.25, 0.3) is 0 Å². The molecule has 0 aliphatic carbocycles. The molecule has 0 saturated carbocycles. The molecule has 2 amide bonds. The zero-order valence-electron chi connectivity index (χ0n) is 17.4. The molecule has 7 heteroatoms. The summed E-state index contributed by atoms with van der Waals surface area (Å²) in [4.78, 5) is 27.8. The number of nitrogens with zero attached hydrogens (tertiary/aromatic N) is 2. The van der Waals surface area contributed by atoms with Gasteiger partial charge in [-0.1, -0.05) is 48.5 Å². The molecule has 2 aliphatic heterocycles. The van der Waals surface area contributed by atoms with E-state index in [1.54, 1.807) is 18.2 Å². The maximum atomic E-state index is 13.7. The van der Waals surface area contributed by atoms with Gasteiger partial charge < -0.3 is 10.2 Å². The zero-order chi connectivity index (χ0) is 22.1. The first-order valence-corrected chi connectivity index (χ1v) is 10.6. The molecule has 162 valence electrons. The Balaban J connectivity index is 1.35. The monoisotopic (exact) mass is 430 g/mol. The van der Waals surface area contributed by atoms with Crippen molar-refractivity contribution in [1.82, 2.24) is 10.4 Å². The molecule has 3 aromatic rings. The highest BCUT2D eigenvalue weighted by molar-refractivity contribution is 5.95. The number of benzene rings is 3. The largest absolute Gasteiger partial charge is 0.366 e. The molecule has 32 heavy (non-hydrogen) atoms. The third-order valence-corrected chi connectivity index (χ3v) is 5.93. The summed E-state index contributed by atoms with van der Waals surface area (Å²) < 4.78 is 13.7. The Morgan fingerprint density at radius 2 is 1.81 bits per heavy atom. The van der Waals surface area contributed by atoms with Gasteiger partial charge in [-0.05, 0) is 41.5 Å². The first-order chi connectivity index (χ1) is 15.6. The lowest BCUT2D eigenvalue weighted by atomic mass is 9.88. The molecule has 1 saturated heterocycles. The van der Waals surface area contributed by atoms with Crippen molar-refractivity contribution in [2.24, 2.45) is 5.92 Å². The minimum atomic E-state index is -0.331.